The fraction of sp³-hybridized carbons (Fsp3) is 0.621. The molecule has 0 bridgehead atoms. The van der Waals surface area contributed by atoms with Crippen molar-refractivity contribution in [2.45, 2.75) is 96.4 Å². The lowest BCUT2D eigenvalue weighted by molar-refractivity contribution is -0.143. The quantitative estimate of drug-likeness (QED) is 0.361. The molecule has 1 aliphatic rings. The lowest BCUT2D eigenvalue weighted by atomic mass is 9.94. The minimum atomic E-state index is -0.813. The molecule has 1 fully saturated rings. The highest BCUT2D eigenvalue weighted by Crippen LogP contribution is 2.26. The Morgan fingerprint density at radius 2 is 1.92 bits per heavy atom. The van der Waals surface area contributed by atoms with Crippen LogP contribution in [0.15, 0.2) is 30.8 Å². The number of ether oxygens (including phenoxy) is 1. The number of hydrogen-bond acceptors (Lipinski definition) is 5. The van der Waals surface area contributed by atoms with Gasteiger partial charge in [-0.25, -0.2) is 4.79 Å². The van der Waals surface area contributed by atoms with E-state index in [1.807, 2.05) is 37.4 Å². The van der Waals surface area contributed by atoms with Crippen LogP contribution in [0.5, 0.6) is 0 Å². The highest BCUT2D eigenvalue weighted by Gasteiger charge is 2.36. The minimum absolute atomic E-state index is 0.108. The van der Waals surface area contributed by atoms with Crippen molar-refractivity contribution in [2.24, 2.45) is 0 Å². The lowest BCUT2D eigenvalue weighted by Crippen LogP contribution is -2.54. The first-order valence-corrected chi connectivity index (χ1v) is 14.8. The summed E-state index contributed by atoms with van der Waals surface area (Å²) in [5.41, 5.74) is 0.921. The molecule has 2 N–H and O–H groups in total. The Labute approximate surface area is 227 Å². The summed E-state index contributed by atoms with van der Waals surface area (Å²) in [7, 11) is 0. The van der Waals surface area contributed by atoms with E-state index in [-0.39, 0.29) is 17.9 Å². The van der Waals surface area contributed by atoms with Crippen molar-refractivity contribution in [3.63, 3.8) is 0 Å². The van der Waals surface area contributed by atoms with E-state index >= 15 is 0 Å². The third-order valence-electron chi connectivity index (χ3n) is 6.32. The molecule has 0 heterocycles. The van der Waals surface area contributed by atoms with Crippen molar-refractivity contribution >= 4 is 35.7 Å². The molecule has 0 aromatic heterocycles. The molecule has 7 nitrogen and oxygen atoms in total. The van der Waals surface area contributed by atoms with Gasteiger partial charge in [0.15, 0.2) is 0 Å². The number of thioether (sulfide) groups is 1. The standard InChI is InChI=1S/C29H45N3O4S/c1-7-18-32(27(34)24(17-19-37-6)31-28(35)36-29(3,4)5)25(22-14-12-13-21(8-2)20-22)26(33)30-23-15-10-9-11-16-23/h8,12-14,20,23-25H,2,7,9-11,15-19H2,1,3-6H3,(H,30,33)(H,31,35). The van der Waals surface area contributed by atoms with E-state index < -0.39 is 23.8 Å². The molecule has 2 unspecified atom stereocenters. The lowest BCUT2D eigenvalue weighted by Gasteiger charge is -2.35. The Kier molecular flexibility index (Phi) is 12.5. The van der Waals surface area contributed by atoms with E-state index in [1.54, 1.807) is 43.5 Å². The van der Waals surface area contributed by atoms with Crippen LogP contribution in [0.1, 0.15) is 89.8 Å². The largest absolute Gasteiger partial charge is 0.444 e. The van der Waals surface area contributed by atoms with Crippen LogP contribution in [0, 0.1) is 0 Å². The number of carbonyl (C=O) groups excluding carboxylic acids is 3. The van der Waals surface area contributed by atoms with Crippen LogP contribution in [0.4, 0.5) is 4.79 Å². The summed E-state index contributed by atoms with van der Waals surface area (Å²) in [6, 6.07) is 6.08. The summed E-state index contributed by atoms with van der Waals surface area (Å²) in [5.74, 6) is 0.210. The Bertz CT molecular complexity index is 909. The normalized spacial score (nSPS) is 15.8. The van der Waals surface area contributed by atoms with E-state index in [4.69, 9.17) is 4.74 Å². The summed E-state index contributed by atoms with van der Waals surface area (Å²) in [5, 5.41) is 6.01. The second-order valence-electron chi connectivity index (χ2n) is 10.6. The Hall–Kier alpha value is -2.48. The van der Waals surface area contributed by atoms with Crippen LogP contribution < -0.4 is 10.6 Å². The van der Waals surface area contributed by atoms with Crippen LogP contribution in [0.3, 0.4) is 0 Å². The number of rotatable bonds is 12. The van der Waals surface area contributed by atoms with Gasteiger partial charge in [0.05, 0.1) is 0 Å². The predicted octanol–water partition coefficient (Wildman–Crippen LogP) is 5.70. The molecule has 1 saturated carbocycles. The molecule has 0 spiro atoms. The number of amides is 3. The number of alkyl carbamates (subject to hydrolysis) is 1. The van der Waals surface area contributed by atoms with Crippen LogP contribution in [0.25, 0.3) is 6.08 Å². The number of nitrogens with zero attached hydrogens (tertiary/aromatic N) is 1. The van der Waals surface area contributed by atoms with E-state index in [1.165, 1.54) is 6.42 Å². The van der Waals surface area contributed by atoms with Crippen molar-refractivity contribution in [2.75, 3.05) is 18.6 Å². The van der Waals surface area contributed by atoms with Crippen molar-refractivity contribution in [3.8, 4) is 0 Å². The third kappa shape index (κ3) is 10.1. The van der Waals surface area contributed by atoms with Gasteiger partial charge in [0, 0.05) is 12.6 Å². The van der Waals surface area contributed by atoms with Gasteiger partial charge in [-0.05, 0) is 75.7 Å². The van der Waals surface area contributed by atoms with E-state index in [0.717, 1.165) is 36.8 Å². The zero-order valence-corrected chi connectivity index (χ0v) is 24.0. The van der Waals surface area contributed by atoms with Crippen LogP contribution in [-0.4, -0.2) is 59.0 Å². The summed E-state index contributed by atoms with van der Waals surface area (Å²) < 4.78 is 5.44. The Morgan fingerprint density at radius 3 is 2.51 bits per heavy atom. The molecule has 8 heteroatoms. The molecule has 2 rings (SSSR count). The maximum Gasteiger partial charge on any atom is 0.408 e. The summed E-state index contributed by atoms with van der Waals surface area (Å²) in [4.78, 5) is 42.1. The second kappa shape index (κ2) is 15.1. The maximum absolute atomic E-state index is 14.1. The van der Waals surface area contributed by atoms with Crippen LogP contribution in [-0.2, 0) is 14.3 Å². The highest BCUT2D eigenvalue weighted by atomic mass is 32.2. The molecule has 1 aromatic carbocycles. The van der Waals surface area contributed by atoms with Gasteiger partial charge in [-0.2, -0.15) is 11.8 Å². The predicted molar refractivity (Wildman–Crippen MR) is 152 cm³/mol. The van der Waals surface area contributed by atoms with Gasteiger partial charge < -0.3 is 20.3 Å². The second-order valence-corrected chi connectivity index (χ2v) is 11.6. The SMILES string of the molecule is C=Cc1cccc(C(C(=O)NC2CCCCC2)N(CCC)C(=O)C(CCSC)NC(=O)OC(C)(C)C)c1. The van der Waals surface area contributed by atoms with Crippen molar-refractivity contribution in [1.29, 1.82) is 0 Å². The zero-order chi connectivity index (χ0) is 27.4. The van der Waals surface area contributed by atoms with Gasteiger partial charge in [0.2, 0.25) is 11.8 Å². The van der Waals surface area contributed by atoms with Crippen LogP contribution >= 0.6 is 11.8 Å². The molecular weight excluding hydrogens is 486 g/mol. The van der Waals surface area contributed by atoms with E-state index in [0.29, 0.717) is 25.1 Å². The number of benzene rings is 1. The maximum atomic E-state index is 14.1. The molecular formula is C29H45N3O4S. The van der Waals surface area contributed by atoms with Crippen molar-refractivity contribution in [1.82, 2.24) is 15.5 Å². The summed E-state index contributed by atoms with van der Waals surface area (Å²) in [6.45, 7) is 11.6. The Morgan fingerprint density at radius 1 is 1.22 bits per heavy atom. The van der Waals surface area contributed by atoms with Gasteiger partial charge in [-0.15, -0.1) is 0 Å². The van der Waals surface area contributed by atoms with Gasteiger partial charge >= 0.3 is 6.09 Å². The molecule has 1 aliphatic carbocycles. The average Bonchev–Trinajstić information content (AvgIpc) is 2.85. The number of carbonyl (C=O) groups is 3. The monoisotopic (exact) mass is 531 g/mol. The number of nitrogens with one attached hydrogen (secondary N) is 2. The molecule has 0 aliphatic heterocycles. The summed E-state index contributed by atoms with van der Waals surface area (Å²) in [6.07, 6.45) is 9.42. The van der Waals surface area contributed by atoms with Gasteiger partial charge in [-0.3, -0.25) is 9.59 Å². The topological polar surface area (TPSA) is 87.7 Å². The first kappa shape index (κ1) is 30.7. The molecule has 37 heavy (non-hydrogen) atoms. The highest BCUT2D eigenvalue weighted by molar-refractivity contribution is 7.98. The van der Waals surface area contributed by atoms with Crippen molar-refractivity contribution < 1.29 is 19.1 Å². The molecule has 1 aromatic rings. The fourth-order valence-electron chi connectivity index (χ4n) is 4.61. The molecule has 0 saturated heterocycles. The molecule has 0 radical (unpaired) electrons. The van der Waals surface area contributed by atoms with Gasteiger partial charge in [0.1, 0.15) is 17.7 Å². The average molecular weight is 532 g/mol. The van der Waals surface area contributed by atoms with Crippen molar-refractivity contribution in [3.05, 3.63) is 42.0 Å². The van der Waals surface area contributed by atoms with Gasteiger partial charge in [-0.1, -0.05) is 57.0 Å². The molecule has 2 atom stereocenters. The summed E-state index contributed by atoms with van der Waals surface area (Å²) >= 11 is 1.60. The molecule has 3 amide bonds. The third-order valence-corrected chi connectivity index (χ3v) is 6.96. The number of hydrogen-bond donors (Lipinski definition) is 2. The molecule has 206 valence electrons. The minimum Gasteiger partial charge on any atom is -0.444 e. The first-order valence-electron chi connectivity index (χ1n) is 13.4. The van der Waals surface area contributed by atoms with E-state index in [2.05, 4.69) is 17.2 Å². The zero-order valence-electron chi connectivity index (χ0n) is 23.2. The Balaban J connectivity index is 2.43. The first-order chi connectivity index (χ1) is 17.6. The smallest absolute Gasteiger partial charge is 0.408 e. The fourth-order valence-corrected chi connectivity index (χ4v) is 5.08. The van der Waals surface area contributed by atoms with E-state index in [9.17, 15) is 14.4 Å². The van der Waals surface area contributed by atoms with Gasteiger partial charge in [0.25, 0.3) is 0 Å². The van der Waals surface area contributed by atoms with Crippen LogP contribution in [0.2, 0.25) is 0 Å².